The monoisotopic (exact) mass is 227 g/mol. The Balaban J connectivity index is 1.93. The Hall–Kier alpha value is -0.500. The van der Waals surface area contributed by atoms with Gasteiger partial charge in [-0.05, 0) is 19.3 Å². The van der Waals surface area contributed by atoms with E-state index in [2.05, 4.69) is 4.98 Å². The van der Waals surface area contributed by atoms with Gasteiger partial charge in [-0.1, -0.05) is 19.3 Å². The quantitative estimate of drug-likeness (QED) is 0.730. The fourth-order valence-corrected chi connectivity index (χ4v) is 2.37. The number of halogens is 1. The van der Waals surface area contributed by atoms with Gasteiger partial charge in [0.2, 0.25) is 0 Å². The second kappa shape index (κ2) is 5.55. The van der Waals surface area contributed by atoms with Crippen LogP contribution < -0.4 is 0 Å². The van der Waals surface area contributed by atoms with E-state index in [1.807, 2.05) is 6.20 Å². The van der Waals surface area contributed by atoms with Gasteiger partial charge in [-0.25, -0.2) is 4.98 Å². The zero-order chi connectivity index (χ0) is 10.5. The highest BCUT2D eigenvalue weighted by Gasteiger charge is 2.19. The molecule has 2 nitrogen and oxygen atoms in total. The topological polar surface area (TPSA) is 26.0 Å². The summed E-state index contributed by atoms with van der Waals surface area (Å²) in [5, 5.41) is 0. The van der Waals surface area contributed by atoms with E-state index in [0.29, 0.717) is 11.8 Å². The minimum absolute atomic E-state index is 0.621. The maximum atomic E-state index is 5.76. The van der Waals surface area contributed by atoms with Crippen LogP contribution in [-0.2, 0) is 6.42 Å². The molecule has 0 spiro atoms. The summed E-state index contributed by atoms with van der Waals surface area (Å²) in [4.78, 5) is 4.30. The standard InChI is InChI=1S/C12H18ClNO/c13-8-4-7-12-14-9-11(15-12)10-5-2-1-3-6-10/h9-10H,1-8H2. The Labute approximate surface area is 96.0 Å². The van der Waals surface area contributed by atoms with Gasteiger partial charge in [0, 0.05) is 18.2 Å². The minimum atomic E-state index is 0.621. The molecule has 0 saturated heterocycles. The highest BCUT2D eigenvalue weighted by atomic mass is 35.5. The average Bonchev–Trinajstić information content (AvgIpc) is 2.76. The molecule has 0 unspecified atom stereocenters. The first-order chi connectivity index (χ1) is 7.40. The van der Waals surface area contributed by atoms with Crippen molar-refractivity contribution < 1.29 is 4.42 Å². The van der Waals surface area contributed by atoms with Gasteiger partial charge < -0.3 is 4.42 Å². The summed E-state index contributed by atoms with van der Waals surface area (Å²) >= 11 is 5.64. The van der Waals surface area contributed by atoms with Crippen molar-refractivity contribution in [3.63, 3.8) is 0 Å². The van der Waals surface area contributed by atoms with Crippen LogP contribution in [0.3, 0.4) is 0 Å². The highest BCUT2D eigenvalue weighted by Crippen LogP contribution is 2.32. The molecule has 0 bridgehead atoms. The van der Waals surface area contributed by atoms with E-state index < -0.39 is 0 Å². The molecular weight excluding hydrogens is 210 g/mol. The summed E-state index contributed by atoms with van der Waals surface area (Å²) < 4.78 is 5.76. The molecule has 1 aromatic rings. The minimum Gasteiger partial charge on any atom is -0.445 e. The van der Waals surface area contributed by atoms with Crippen LogP contribution in [0, 0.1) is 0 Å². The molecule has 1 saturated carbocycles. The molecule has 1 fully saturated rings. The van der Waals surface area contributed by atoms with Crippen LogP contribution in [0.4, 0.5) is 0 Å². The molecule has 1 aromatic heterocycles. The number of rotatable bonds is 4. The van der Waals surface area contributed by atoms with Gasteiger partial charge in [-0.2, -0.15) is 0 Å². The number of aromatic nitrogens is 1. The number of nitrogens with zero attached hydrogens (tertiary/aromatic N) is 1. The third-order valence-electron chi connectivity index (χ3n) is 3.10. The second-order valence-corrected chi connectivity index (χ2v) is 4.66. The van der Waals surface area contributed by atoms with Crippen molar-refractivity contribution in [2.24, 2.45) is 0 Å². The summed E-state index contributed by atoms with van der Waals surface area (Å²) in [6, 6.07) is 0. The fourth-order valence-electron chi connectivity index (χ4n) is 2.23. The first-order valence-corrected chi connectivity index (χ1v) is 6.44. The van der Waals surface area contributed by atoms with Crippen molar-refractivity contribution in [2.75, 3.05) is 5.88 Å². The third kappa shape index (κ3) is 2.97. The molecule has 3 heteroatoms. The van der Waals surface area contributed by atoms with Crippen molar-refractivity contribution in [1.29, 1.82) is 0 Å². The van der Waals surface area contributed by atoms with E-state index in [-0.39, 0.29) is 0 Å². The van der Waals surface area contributed by atoms with Crippen LogP contribution in [0.5, 0.6) is 0 Å². The van der Waals surface area contributed by atoms with Crippen LogP contribution in [0.2, 0.25) is 0 Å². The predicted octanol–water partition coefficient (Wildman–Crippen LogP) is 3.89. The second-order valence-electron chi connectivity index (χ2n) is 4.28. The van der Waals surface area contributed by atoms with Crippen LogP contribution >= 0.6 is 11.6 Å². The Morgan fingerprint density at radius 2 is 2.13 bits per heavy atom. The first kappa shape index (κ1) is 11.0. The molecule has 0 amide bonds. The molecular formula is C12H18ClNO. The van der Waals surface area contributed by atoms with Crippen LogP contribution in [0.25, 0.3) is 0 Å². The van der Waals surface area contributed by atoms with Crippen molar-refractivity contribution in [2.45, 2.75) is 50.9 Å². The first-order valence-electron chi connectivity index (χ1n) is 5.90. The molecule has 0 radical (unpaired) electrons. The maximum Gasteiger partial charge on any atom is 0.194 e. The van der Waals surface area contributed by atoms with E-state index in [1.54, 1.807) is 0 Å². The molecule has 2 rings (SSSR count). The van der Waals surface area contributed by atoms with Gasteiger partial charge in [0.1, 0.15) is 5.76 Å². The lowest BCUT2D eigenvalue weighted by Crippen LogP contribution is -2.03. The van der Waals surface area contributed by atoms with E-state index in [0.717, 1.165) is 24.5 Å². The molecule has 1 aliphatic rings. The van der Waals surface area contributed by atoms with Gasteiger partial charge in [0.05, 0.1) is 6.20 Å². The Morgan fingerprint density at radius 1 is 1.33 bits per heavy atom. The largest absolute Gasteiger partial charge is 0.445 e. The van der Waals surface area contributed by atoms with E-state index in [4.69, 9.17) is 16.0 Å². The number of aryl methyl sites for hydroxylation is 1. The fraction of sp³-hybridized carbons (Fsp3) is 0.750. The number of hydrogen-bond donors (Lipinski definition) is 0. The van der Waals surface area contributed by atoms with Crippen LogP contribution in [0.1, 0.15) is 56.1 Å². The predicted molar refractivity (Wildman–Crippen MR) is 61.4 cm³/mol. The number of hydrogen-bond acceptors (Lipinski definition) is 2. The Morgan fingerprint density at radius 3 is 2.87 bits per heavy atom. The summed E-state index contributed by atoms with van der Waals surface area (Å²) in [6.45, 7) is 0. The Kier molecular flexibility index (Phi) is 4.07. The van der Waals surface area contributed by atoms with Crippen LogP contribution in [0.15, 0.2) is 10.6 Å². The summed E-state index contributed by atoms with van der Waals surface area (Å²) in [6.07, 6.45) is 10.3. The van der Waals surface area contributed by atoms with Gasteiger partial charge in [0.15, 0.2) is 5.89 Å². The van der Waals surface area contributed by atoms with E-state index >= 15 is 0 Å². The van der Waals surface area contributed by atoms with Crippen LogP contribution in [-0.4, -0.2) is 10.9 Å². The molecule has 1 aliphatic carbocycles. The Bertz CT molecular complexity index is 292. The number of alkyl halides is 1. The van der Waals surface area contributed by atoms with Crippen molar-refractivity contribution >= 4 is 11.6 Å². The molecule has 0 aliphatic heterocycles. The van der Waals surface area contributed by atoms with Crippen molar-refractivity contribution in [3.8, 4) is 0 Å². The van der Waals surface area contributed by atoms with E-state index in [9.17, 15) is 0 Å². The summed E-state index contributed by atoms with van der Waals surface area (Å²) in [7, 11) is 0. The average molecular weight is 228 g/mol. The van der Waals surface area contributed by atoms with Crippen molar-refractivity contribution in [1.82, 2.24) is 4.98 Å². The lowest BCUT2D eigenvalue weighted by Gasteiger charge is -2.18. The summed E-state index contributed by atoms with van der Waals surface area (Å²) in [5.74, 6) is 3.26. The highest BCUT2D eigenvalue weighted by molar-refractivity contribution is 6.17. The lowest BCUT2D eigenvalue weighted by molar-refractivity contribution is 0.359. The van der Waals surface area contributed by atoms with Gasteiger partial charge in [0.25, 0.3) is 0 Å². The smallest absolute Gasteiger partial charge is 0.194 e. The SMILES string of the molecule is ClCCCc1ncc(C2CCCCC2)o1. The van der Waals surface area contributed by atoms with Gasteiger partial charge >= 0.3 is 0 Å². The lowest BCUT2D eigenvalue weighted by atomic mass is 9.88. The molecule has 84 valence electrons. The third-order valence-corrected chi connectivity index (χ3v) is 3.37. The molecule has 0 aromatic carbocycles. The van der Waals surface area contributed by atoms with Gasteiger partial charge in [-0.15, -0.1) is 11.6 Å². The summed E-state index contributed by atoms with van der Waals surface area (Å²) in [5.41, 5.74) is 0. The molecule has 0 atom stereocenters. The molecule has 0 N–H and O–H groups in total. The molecule has 15 heavy (non-hydrogen) atoms. The normalized spacial score (nSPS) is 18.2. The van der Waals surface area contributed by atoms with Gasteiger partial charge in [-0.3, -0.25) is 0 Å². The van der Waals surface area contributed by atoms with E-state index in [1.165, 1.54) is 32.1 Å². The zero-order valence-electron chi connectivity index (χ0n) is 9.04. The number of oxazole rings is 1. The zero-order valence-corrected chi connectivity index (χ0v) is 9.80. The maximum absolute atomic E-state index is 5.76. The molecule has 1 heterocycles. The van der Waals surface area contributed by atoms with Crippen molar-refractivity contribution in [3.05, 3.63) is 17.8 Å².